The molecule has 164 valence electrons. The Hall–Kier alpha value is -3.87. The predicted octanol–water partition coefficient (Wildman–Crippen LogP) is 3.94. The van der Waals surface area contributed by atoms with Crippen LogP contribution in [0, 0.1) is 0 Å². The summed E-state index contributed by atoms with van der Waals surface area (Å²) in [6.07, 6.45) is 2.13. The average molecular weight is 431 g/mol. The van der Waals surface area contributed by atoms with Crippen LogP contribution in [0.15, 0.2) is 79.0 Å². The van der Waals surface area contributed by atoms with E-state index < -0.39 is 0 Å². The Balaban J connectivity index is 1.19. The quantitative estimate of drug-likeness (QED) is 0.615. The molecule has 3 aromatic rings. The van der Waals surface area contributed by atoms with Crippen molar-refractivity contribution in [3.05, 3.63) is 79.0 Å². The molecule has 4 rings (SSSR count). The number of piperazine rings is 1. The van der Waals surface area contributed by atoms with Crippen molar-refractivity contribution in [3.63, 3.8) is 0 Å². The zero-order valence-corrected chi connectivity index (χ0v) is 17.8. The van der Waals surface area contributed by atoms with Gasteiger partial charge < -0.3 is 19.9 Å². The van der Waals surface area contributed by atoms with E-state index in [1.54, 1.807) is 30.5 Å². The van der Waals surface area contributed by atoms with Gasteiger partial charge in [-0.05, 0) is 48.5 Å². The Kier molecular flexibility index (Phi) is 6.97. The van der Waals surface area contributed by atoms with Crippen molar-refractivity contribution >= 4 is 23.3 Å². The highest BCUT2D eigenvalue weighted by Crippen LogP contribution is 2.22. The maximum atomic E-state index is 12.5. The van der Waals surface area contributed by atoms with E-state index in [-0.39, 0.29) is 24.7 Å². The van der Waals surface area contributed by atoms with E-state index >= 15 is 0 Å². The van der Waals surface area contributed by atoms with E-state index in [0.717, 1.165) is 24.7 Å². The second kappa shape index (κ2) is 10.4. The van der Waals surface area contributed by atoms with Crippen molar-refractivity contribution in [2.75, 3.05) is 36.4 Å². The molecule has 0 aliphatic carbocycles. The first kappa shape index (κ1) is 21.4. The molecule has 2 amide bonds. The minimum Gasteiger partial charge on any atom is -0.457 e. The molecule has 1 aliphatic rings. The number of hydrogen-bond donors (Lipinski definition) is 1. The number of nitrogens with one attached hydrogen (secondary N) is 1. The van der Waals surface area contributed by atoms with Gasteiger partial charge in [0.05, 0.1) is 0 Å². The zero-order valence-electron chi connectivity index (χ0n) is 17.8. The number of para-hydroxylation sites is 1. The van der Waals surface area contributed by atoms with Crippen LogP contribution in [0.1, 0.15) is 12.8 Å². The van der Waals surface area contributed by atoms with Crippen LogP contribution in [0.5, 0.6) is 11.5 Å². The number of rotatable bonds is 7. The van der Waals surface area contributed by atoms with Crippen LogP contribution in [0.3, 0.4) is 0 Å². The summed E-state index contributed by atoms with van der Waals surface area (Å²) in [6, 6.07) is 22.5. The first-order valence-electron chi connectivity index (χ1n) is 10.7. The Morgan fingerprint density at radius 2 is 1.50 bits per heavy atom. The van der Waals surface area contributed by atoms with Gasteiger partial charge in [-0.2, -0.15) is 0 Å². The number of anilines is 2. The molecule has 1 fully saturated rings. The van der Waals surface area contributed by atoms with Gasteiger partial charge >= 0.3 is 0 Å². The van der Waals surface area contributed by atoms with Gasteiger partial charge in [0, 0.05) is 50.9 Å². The second-order valence-corrected chi connectivity index (χ2v) is 7.54. The fourth-order valence-corrected chi connectivity index (χ4v) is 3.56. The second-order valence-electron chi connectivity index (χ2n) is 7.54. The fourth-order valence-electron chi connectivity index (χ4n) is 3.56. The van der Waals surface area contributed by atoms with Gasteiger partial charge in [-0.15, -0.1) is 0 Å². The van der Waals surface area contributed by atoms with Crippen LogP contribution >= 0.6 is 0 Å². The topological polar surface area (TPSA) is 74.8 Å². The number of ether oxygens (including phenoxy) is 1. The number of nitrogens with zero attached hydrogens (tertiary/aromatic N) is 3. The lowest BCUT2D eigenvalue weighted by Crippen LogP contribution is -2.49. The molecule has 1 aliphatic heterocycles. The summed E-state index contributed by atoms with van der Waals surface area (Å²) in [7, 11) is 0. The lowest BCUT2D eigenvalue weighted by atomic mass is 10.2. The standard InChI is InChI=1S/C25H26N4O3/c30-24(27-20-9-11-22(12-10-20)32-21-6-2-1-3-7-21)13-14-25(31)29-18-16-28(17-19-29)23-8-4-5-15-26-23/h1-12,15H,13-14,16-19H2,(H,27,30). The van der Waals surface area contributed by atoms with Crippen molar-refractivity contribution < 1.29 is 14.3 Å². The zero-order chi connectivity index (χ0) is 22.2. The molecule has 0 saturated carbocycles. The molecule has 2 heterocycles. The minimum absolute atomic E-state index is 0.00688. The third kappa shape index (κ3) is 5.85. The van der Waals surface area contributed by atoms with Crippen molar-refractivity contribution in [2.24, 2.45) is 0 Å². The summed E-state index contributed by atoms with van der Waals surface area (Å²) in [5.41, 5.74) is 0.673. The van der Waals surface area contributed by atoms with E-state index in [9.17, 15) is 9.59 Å². The molecule has 32 heavy (non-hydrogen) atoms. The smallest absolute Gasteiger partial charge is 0.224 e. The number of pyridine rings is 1. The maximum absolute atomic E-state index is 12.5. The Bertz CT molecular complexity index is 1020. The van der Waals surface area contributed by atoms with Gasteiger partial charge in [-0.1, -0.05) is 24.3 Å². The maximum Gasteiger partial charge on any atom is 0.224 e. The molecule has 1 aromatic heterocycles. The Labute approximate surface area is 187 Å². The molecule has 0 spiro atoms. The molecule has 1 N–H and O–H groups in total. The van der Waals surface area contributed by atoms with Crippen molar-refractivity contribution in [3.8, 4) is 11.5 Å². The number of carbonyl (C=O) groups excluding carboxylic acids is 2. The van der Waals surface area contributed by atoms with Gasteiger partial charge in [0.1, 0.15) is 17.3 Å². The molecule has 0 radical (unpaired) electrons. The van der Waals surface area contributed by atoms with E-state index in [4.69, 9.17) is 4.74 Å². The Morgan fingerprint density at radius 3 is 2.19 bits per heavy atom. The summed E-state index contributed by atoms with van der Waals surface area (Å²) in [5, 5.41) is 2.84. The molecule has 0 atom stereocenters. The number of aromatic nitrogens is 1. The van der Waals surface area contributed by atoms with Crippen LogP contribution in [0.25, 0.3) is 0 Å². The van der Waals surface area contributed by atoms with Gasteiger partial charge in [0.15, 0.2) is 0 Å². The summed E-state index contributed by atoms with van der Waals surface area (Å²) in [6.45, 7) is 2.76. The van der Waals surface area contributed by atoms with E-state index in [1.165, 1.54) is 0 Å². The normalized spacial score (nSPS) is 13.5. The summed E-state index contributed by atoms with van der Waals surface area (Å²) in [4.78, 5) is 33.1. The van der Waals surface area contributed by atoms with Crippen LogP contribution in [-0.2, 0) is 9.59 Å². The third-order valence-electron chi connectivity index (χ3n) is 5.29. The lowest BCUT2D eigenvalue weighted by molar-refractivity contribution is -0.133. The number of hydrogen-bond acceptors (Lipinski definition) is 5. The molecule has 0 bridgehead atoms. The first-order valence-corrected chi connectivity index (χ1v) is 10.7. The lowest BCUT2D eigenvalue weighted by Gasteiger charge is -2.35. The average Bonchev–Trinajstić information content (AvgIpc) is 2.85. The molecular formula is C25H26N4O3. The SMILES string of the molecule is O=C(CCC(=O)N1CCN(c2ccccn2)CC1)Nc1ccc(Oc2ccccc2)cc1. The molecule has 7 heteroatoms. The van der Waals surface area contributed by atoms with Gasteiger partial charge in [0.25, 0.3) is 0 Å². The highest BCUT2D eigenvalue weighted by atomic mass is 16.5. The first-order chi connectivity index (χ1) is 15.7. The highest BCUT2D eigenvalue weighted by molar-refractivity contribution is 5.93. The van der Waals surface area contributed by atoms with Gasteiger partial charge in [-0.3, -0.25) is 9.59 Å². The van der Waals surface area contributed by atoms with Crippen molar-refractivity contribution in [1.29, 1.82) is 0 Å². The van der Waals surface area contributed by atoms with Gasteiger partial charge in [0.2, 0.25) is 11.8 Å². The summed E-state index contributed by atoms with van der Waals surface area (Å²) in [5.74, 6) is 2.20. The predicted molar refractivity (Wildman–Crippen MR) is 124 cm³/mol. The molecule has 7 nitrogen and oxygen atoms in total. The molecule has 0 unspecified atom stereocenters. The molecule has 1 saturated heterocycles. The minimum atomic E-state index is -0.179. The largest absolute Gasteiger partial charge is 0.457 e. The van der Waals surface area contributed by atoms with Crippen molar-refractivity contribution in [2.45, 2.75) is 12.8 Å². The number of carbonyl (C=O) groups is 2. The summed E-state index contributed by atoms with van der Waals surface area (Å²) >= 11 is 0. The van der Waals surface area contributed by atoms with Crippen LogP contribution in [0.2, 0.25) is 0 Å². The van der Waals surface area contributed by atoms with E-state index in [0.29, 0.717) is 24.5 Å². The fraction of sp³-hybridized carbons (Fsp3) is 0.240. The Morgan fingerprint density at radius 1 is 0.812 bits per heavy atom. The molecular weight excluding hydrogens is 404 g/mol. The monoisotopic (exact) mass is 430 g/mol. The van der Waals surface area contributed by atoms with Crippen LogP contribution in [-0.4, -0.2) is 47.9 Å². The molecule has 2 aromatic carbocycles. The number of amides is 2. The van der Waals surface area contributed by atoms with Gasteiger partial charge in [-0.25, -0.2) is 4.98 Å². The van der Waals surface area contributed by atoms with Crippen molar-refractivity contribution in [1.82, 2.24) is 9.88 Å². The third-order valence-corrected chi connectivity index (χ3v) is 5.29. The highest BCUT2D eigenvalue weighted by Gasteiger charge is 2.22. The van der Waals surface area contributed by atoms with Crippen LogP contribution in [0.4, 0.5) is 11.5 Å². The van der Waals surface area contributed by atoms with Crippen LogP contribution < -0.4 is 15.0 Å². The van der Waals surface area contributed by atoms with E-state index in [1.807, 2.05) is 53.4 Å². The number of benzene rings is 2. The van der Waals surface area contributed by atoms with E-state index in [2.05, 4.69) is 15.2 Å². The summed E-state index contributed by atoms with van der Waals surface area (Å²) < 4.78 is 5.75.